The molecule has 0 aromatic heterocycles. The quantitative estimate of drug-likeness (QED) is 0.341. The normalized spacial score (nSPS) is 11.5. The van der Waals surface area contributed by atoms with Gasteiger partial charge < -0.3 is 13.9 Å². The minimum absolute atomic E-state index is 0.497. The van der Waals surface area contributed by atoms with Crippen molar-refractivity contribution in [1.29, 1.82) is 0 Å². The Morgan fingerprint density at radius 3 is 2.00 bits per heavy atom. The molecule has 0 aliphatic heterocycles. The summed E-state index contributed by atoms with van der Waals surface area (Å²) >= 11 is 0. The molecule has 3 nitrogen and oxygen atoms in total. The van der Waals surface area contributed by atoms with Crippen LogP contribution in [-0.4, -0.2) is 29.7 Å². The molecule has 11 heavy (non-hydrogen) atoms. The van der Waals surface area contributed by atoms with E-state index in [1.807, 2.05) is 13.8 Å². The third-order valence-corrected chi connectivity index (χ3v) is 1.37. The van der Waals surface area contributed by atoms with Crippen LogP contribution in [0.2, 0.25) is 0 Å². The molecule has 0 saturated carbocycles. The Morgan fingerprint density at radius 2 is 1.82 bits per heavy atom. The van der Waals surface area contributed by atoms with Crippen molar-refractivity contribution in [1.82, 2.24) is 0 Å². The molecule has 0 aromatic rings. The van der Waals surface area contributed by atoms with Gasteiger partial charge in [0.15, 0.2) is 0 Å². The Morgan fingerprint density at radius 1 is 1.36 bits per heavy atom. The molecule has 0 heterocycles. The fraction of sp³-hybridized carbons (Fsp3) is 0.714. The third kappa shape index (κ3) is 3.16. The van der Waals surface area contributed by atoms with Crippen LogP contribution in [0.25, 0.3) is 0 Å². The van der Waals surface area contributed by atoms with E-state index in [0.29, 0.717) is 13.2 Å². The summed E-state index contributed by atoms with van der Waals surface area (Å²) in [7, 11) is 2.86. The van der Waals surface area contributed by atoms with Gasteiger partial charge in [-0.05, 0) is 19.9 Å². The second kappa shape index (κ2) is 5.48. The van der Waals surface area contributed by atoms with Crippen LogP contribution in [0, 0.1) is 0 Å². The molecular formula is C7H13O3Si. The Balaban J connectivity index is 4.07. The monoisotopic (exact) mass is 173 g/mol. The molecule has 0 amide bonds. The highest BCUT2D eigenvalue weighted by Gasteiger charge is 2.26. The lowest BCUT2D eigenvalue weighted by atomic mass is 10.5. The van der Waals surface area contributed by atoms with Crippen LogP contribution >= 0.6 is 0 Å². The maximum atomic E-state index is 5.16. The highest BCUT2D eigenvalue weighted by atomic mass is 28.2. The van der Waals surface area contributed by atoms with E-state index in [1.165, 1.54) is 6.08 Å². The van der Waals surface area contributed by atoms with Crippen LogP contribution in [0.4, 0.5) is 0 Å². The first kappa shape index (κ1) is 10.8. The molecule has 63 valence electrons. The lowest BCUT2D eigenvalue weighted by Crippen LogP contribution is -2.36. The molecule has 4 heteroatoms. The summed E-state index contributed by atoms with van der Waals surface area (Å²) in [6, 6.07) is 0. The smallest absolute Gasteiger partial charge is 0.294 e. The van der Waals surface area contributed by atoms with E-state index in [2.05, 4.69) is 17.1 Å². The summed E-state index contributed by atoms with van der Waals surface area (Å²) in [6.45, 7) is 8.23. The topological polar surface area (TPSA) is 27.7 Å². The van der Waals surface area contributed by atoms with Gasteiger partial charge in [-0.25, -0.2) is 0 Å². The van der Waals surface area contributed by atoms with Crippen LogP contribution in [0.1, 0.15) is 13.8 Å². The first-order valence-electron chi connectivity index (χ1n) is 3.50. The van der Waals surface area contributed by atoms with Gasteiger partial charge in [-0.2, -0.15) is 0 Å². The van der Waals surface area contributed by atoms with Crippen LogP contribution in [0.3, 0.4) is 0 Å². The van der Waals surface area contributed by atoms with Crippen LogP contribution in [0.5, 0.6) is 0 Å². The van der Waals surface area contributed by atoms with E-state index in [4.69, 9.17) is 13.9 Å². The third-order valence-electron chi connectivity index (χ3n) is 1.08. The molecule has 0 spiro atoms. The van der Waals surface area contributed by atoms with Gasteiger partial charge in [0.2, 0.25) is 0 Å². The molecule has 0 fully saturated rings. The standard InChI is InChI=1S/C7H13O3Si/c1-4-7(10-11,8-5-2)9-6-3/h4H,1,5-6H2,2-3H3. The van der Waals surface area contributed by atoms with Crippen LogP contribution in [-0.2, 0) is 13.9 Å². The van der Waals surface area contributed by atoms with E-state index in [1.54, 1.807) is 0 Å². The maximum absolute atomic E-state index is 5.16. The summed E-state index contributed by atoms with van der Waals surface area (Å²) in [5.74, 6) is -1.14. The predicted octanol–water partition coefficient (Wildman–Crippen LogP) is 0.999. The van der Waals surface area contributed by atoms with Crippen molar-refractivity contribution >= 4 is 10.5 Å². The molecular weight excluding hydrogens is 160 g/mol. The minimum Gasteiger partial charge on any atom is -0.367 e. The number of hydrogen-bond acceptors (Lipinski definition) is 3. The van der Waals surface area contributed by atoms with Crippen molar-refractivity contribution in [3.63, 3.8) is 0 Å². The summed E-state index contributed by atoms with van der Waals surface area (Å²) in [5, 5.41) is 0. The average molecular weight is 173 g/mol. The number of rotatable bonds is 6. The molecule has 0 unspecified atom stereocenters. The molecule has 3 radical (unpaired) electrons. The van der Waals surface area contributed by atoms with Gasteiger partial charge in [0, 0.05) is 13.2 Å². The molecule has 0 N–H and O–H groups in total. The maximum Gasteiger partial charge on any atom is 0.294 e. The van der Waals surface area contributed by atoms with E-state index < -0.39 is 5.97 Å². The highest BCUT2D eigenvalue weighted by Crippen LogP contribution is 2.14. The average Bonchev–Trinajstić information content (AvgIpc) is 2.04. The molecule has 0 aliphatic carbocycles. The van der Waals surface area contributed by atoms with E-state index >= 15 is 0 Å². The van der Waals surface area contributed by atoms with Gasteiger partial charge >= 0.3 is 0 Å². The summed E-state index contributed by atoms with van der Waals surface area (Å²) in [6.07, 6.45) is 1.45. The molecule has 0 rings (SSSR count). The van der Waals surface area contributed by atoms with E-state index in [0.717, 1.165) is 0 Å². The zero-order valence-electron chi connectivity index (χ0n) is 6.92. The first-order valence-corrected chi connectivity index (χ1v) is 3.91. The SMILES string of the molecule is C=CC(O[Si])(OCC)OCC. The fourth-order valence-electron chi connectivity index (χ4n) is 0.662. The predicted molar refractivity (Wildman–Crippen MR) is 43.0 cm³/mol. The van der Waals surface area contributed by atoms with Gasteiger partial charge in [0.25, 0.3) is 16.5 Å². The zero-order chi connectivity index (χ0) is 8.74. The molecule has 0 aromatic carbocycles. The van der Waals surface area contributed by atoms with Crippen molar-refractivity contribution in [3.8, 4) is 0 Å². The highest BCUT2D eigenvalue weighted by molar-refractivity contribution is 5.98. The Labute approximate surface area is 70.9 Å². The van der Waals surface area contributed by atoms with E-state index in [-0.39, 0.29) is 0 Å². The van der Waals surface area contributed by atoms with Crippen LogP contribution in [0.15, 0.2) is 12.7 Å². The van der Waals surface area contributed by atoms with Crippen molar-refractivity contribution in [2.75, 3.05) is 13.2 Å². The van der Waals surface area contributed by atoms with Gasteiger partial charge in [-0.15, -0.1) is 0 Å². The summed E-state index contributed by atoms with van der Waals surface area (Å²) in [4.78, 5) is 0. The minimum atomic E-state index is -1.14. The van der Waals surface area contributed by atoms with Crippen molar-refractivity contribution in [2.45, 2.75) is 19.8 Å². The fourth-order valence-corrected chi connectivity index (χ4v) is 0.864. The van der Waals surface area contributed by atoms with Gasteiger partial charge in [0.1, 0.15) is 0 Å². The summed E-state index contributed by atoms with van der Waals surface area (Å²) in [5.41, 5.74) is 0. The second-order valence-corrected chi connectivity index (χ2v) is 1.98. The largest absolute Gasteiger partial charge is 0.367 e. The van der Waals surface area contributed by atoms with Gasteiger partial charge in [0.05, 0.1) is 0 Å². The van der Waals surface area contributed by atoms with Gasteiger partial charge in [-0.1, -0.05) is 6.58 Å². The summed E-state index contributed by atoms with van der Waals surface area (Å²) < 4.78 is 15.1. The van der Waals surface area contributed by atoms with Gasteiger partial charge in [-0.3, -0.25) is 0 Å². The lowest BCUT2D eigenvalue weighted by Gasteiger charge is -2.27. The first-order chi connectivity index (χ1) is 5.24. The van der Waals surface area contributed by atoms with Crippen molar-refractivity contribution in [2.24, 2.45) is 0 Å². The molecule has 0 saturated heterocycles. The van der Waals surface area contributed by atoms with Crippen molar-refractivity contribution < 1.29 is 13.9 Å². The number of ether oxygens (including phenoxy) is 2. The Kier molecular flexibility index (Phi) is 5.40. The molecule has 0 atom stereocenters. The van der Waals surface area contributed by atoms with Crippen LogP contribution < -0.4 is 0 Å². The Hall–Kier alpha value is -0.163. The Bertz CT molecular complexity index is 110. The second-order valence-electron chi connectivity index (χ2n) is 1.78. The van der Waals surface area contributed by atoms with Crippen molar-refractivity contribution in [3.05, 3.63) is 12.7 Å². The zero-order valence-corrected chi connectivity index (χ0v) is 7.92. The van der Waals surface area contributed by atoms with E-state index in [9.17, 15) is 0 Å². The molecule has 0 aliphatic rings. The molecule has 0 bridgehead atoms. The lowest BCUT2D eigenvalue weighted by molar-refractivity contribution is -0.307. The number of hydrogen-bond donors (Lipinski definition) is 0.